The first-order valence-electron chi connectivity index (χ1n) is 5.50. The fourth-order valence-electron chi connectivity index (χ4n) is 1.53. The standard InChI is InChI=1S/C13H13N3O3/c1-19-10-4-2-3-9(12(10)17)13(18)16-11-6-5-8(14)7-15-11/h2-7,17H,14H2,1H3,(H,15,16,18). The molecule has 0 fully saturated rings. The fraction of sp³-hybridized carbons (Fsp3) is 0.0769. The number of methoxy groups -OCH3 is 1. The summed E-state index contributed by atoms with van der Waals surface area (Å²) in [5.41, 5.74) is 6.11. The first kappa shape index (κ1) is 12.7. The van der Waals surface area contributed by atoms with Crippen molar-refractivity contribution < 1.29 is 14.6 Å². The van der Waals surface area contributed by atoms with Gasteiger partial charge in [0.2, 0.25) is 0 Å². The number of nitrogens with one attached hydrogen (secondary N) is 1. The lowest BCUT2D eigenvalue weighted by molar-refractivity contribution is 0.102. The molecule has 0 saturated heterocycles. The second-order valence-electron chi connectivity index (χ2n) is 3.79. The van der Waals surface area contributed by atoms with Crippen molar-refractivity contribution in [2.24, 2.45) is 0 Å². The Hall–Kier alpha value is -2.76. The van der Waals surface area contributed by atoms with Gasteiger partial charge in [-0.2, -0.15) is 0 Å². The smallest absolute Gasteiger partial charge is 0.260 e. The van der Waals surface area contributed by atoms with Crippen molar-refractivity contribution >= 4 is 17.4 Å². The average molecular weight is 259 g/mol. The maximum Gasteiger partial charge on any atom is 0.260 e. The number of hydrogen-bond donors (Lipinski definition) is 3. The summed E-state index contributed by atoms with van der Waals surface area (Å²) in [6, 6.07) is 7.86. The molecule has 19 heavy (non-hydrogen) atoms. The van der Waals surface area contributed by atoms with Crippen LogP contribution < -0.4 is 15.8 Å². The molecule has 0 bridgehead atoms. The number of hydrogen-bond acceptors (Lipinski definition) is 5. The summed E-state index contributed by atoms with van der Waals surface area (Å²) in [4.78, 5) is 15.9. The van der Waals surface area contributed by atoms with Gasteiger partial charge < -0.3 is 20.9 Å². The first-order valence-corrected chi connectivity index (χ1v) is 5.50. The Labute approximate surface area is 109 Å². The van der Waals surface area contributed by atoms with E-state index < -0.39 is 5.91 Å². The molecule has 1 amide bonds. The highest BCUT2D eigenvalue weighted by molar-refractivity contribution is 6.06. The van der Waals surface area contributed by atoms with E-state index in [4.69, 9.17) is 10.5 Å². The molecule has 2 rings (SSSR count). The van der Waals surface area contributed by atoms with Crippen molar-refractivity contribution in [3.63, 3.8) is 0 Å². The minimum Gasteiger partial charge on any atom is -0.504 e. The molecule has 0 aliphatic heterocycles. The van der Waals surface area contributed by atoms with E-state index in [0.717, 1.165) is 0 Å². The van der Waals surface area contributed by atoms with Crippen LogP contribution in [-0.4, -0.2) is 23.1 Å². The number of aromatic nitrogens is 1. The number of ether oxygens (including phenoxy) is 1. The summed E-state index contributed by atoms with van der Waals surface area (Å²) in [6.07, 6.45) is 1.43. The Morgan fingerprint density at radius 1 is 1.37 bits per heavy atom. The SMILES string of the molecule is COc1cccc(C(=O)Nc2ccc(N)cn2)c1O. The topological polar surface area (TPSA) is 97.5 Å². The summed E-state index contributed by atoms with van der Waals surface area (Å²) >= 11 is 0. The highest BCUT2D eigenvalue weighted by atomic mass is 16.5. The monoisotopic (exact) mass is 259 g/mol. The maximum atomic E-state index is 12.0. The summed E-state index contributed by atoms with van der Waals surface area (Å²) < 4.78 is 4.94. The number of nitrogens with two attached hydrogens (primary N) is 1. The summed E-state index contributed by atoms with van der Waals surface area (Å²) in [5, 5.41) is 12.4. The van der Waals surface area contributed by atoms with E-state index in [9.17, 15) is 9.90 Å². The van der Waals surface area contributed by atoms with Gasteiger partial charge in [-0.05, 0) is 24.3 Å². The third kappa shape index (κ3) is 2.74. The van der Waals surface area contributed by atoms with Crippen molar-refractivity contribution in [3.8, 4) is 11.5 Å². The number of rotatable bonds is 3. The molecule has 4 N–H and O–H groups in total. The van der Waals surface area contributed by atoms with Gasteiger partial charge in [0, 0.05) is 0 Å². The Balaban J connectivity index is 2.23. The summed E-state index contributed by atoms with van der Waals surface area (Å²) in [7, 11) is 1.41. The number of carbonyl (C=O) groups excluding carboxylic acids is 1. The summed E-state index contributed by atoms with van der Waals surface area (Å²) in [6.45, 7) is 0. The number of phenolic OH excluding ortho intramolecular Hbond substituents is 1. The molecular weight excluding hydrogens is 246 g/mol. The van der Waals surface area contributed by atoms with Gasteiger partial charge in [-0.3, -0.25) is 4.79 Å². The molecule has 98 valence electrons. The minimum absolute atomic E-state index is 0.109. The molecule has 1 aromatic heterocycles. The summed E-state index contributed by atoms with van der Waals surface area (Å²) in [5.74, 6) is -0.106. The van der Waals surface area contributed by atoms with E-state index in [1.807, 2.05) is 0 Å². The number of pyridine rings is 1. The highest BCUT2D eigenvalue weighted by Crippen LogP contribution is 2.29. The minimum atomic E-state index is -0.478. The lowest BCUT2D eigenvalue weighted by atomic mass is 10.1. The van der Waals surface area contributed by atoms with Crippen molar-refractivity contribution in [2.75, 3.05) is 18.2 Å². The third-order valence-electron chi connectivity index (χ3n) is 2.49. The van der Waals surface area contributed by atoms with Gasteiger partial charge in [0.25, 0.3) is 5.91 Å². The molecule has 6 heteroatoms. The lowest BCUT2D eigenvalue weighted by Crippen LogP contribution is -2.13. The highest BCUT2D eigenvalue weighted by Gasteiger charge is 2.15. The van der Waals surface area contributed by atoms with E-state index >= 15 is 0 Å². The van der Waals surface area contributed by atoms with Crippen LogP contribution in [0.4, 0.5) is 11.5 Å². The molecule has 0 radical (unpaired) electrons. The predicted octanol–water partition coefficient (Wildman–Crippen LogP) is 1.63. The van der Waals surface area contributed by atoms with Crippen LogP contribution in [-0.2, 0) is 0 Å². The van der Waals surface area contributed by atoms with Gasteiger partial charge in [0.1, 0.15) is 5.82 Å². The Morgan fingerprint density at radius 3 is 2.79 bits per heavy atom. The van der Waals surface area contributed by atoms with E-state index in [-0.39, 0.29) is 17.1 Å². The zero-order chi connectivity index (χ0) is 13.8. The largest absolute Gasteiger partial charge is 0.504 e. The average Bonchev–Trinajstić information content (AvgIpc) is 2.41. The predicted molar refractivity (Wildman–Crippen MR) is 71.3 cm³/mol. The van der Waals surface area contributed by atoms with Gasteiger partial charge in [-0.25, -0.2) is 4.98 Å². The van der Waals surface area contributed by atoms with Crippen molar-refractivity contribution in [3.05, 3.63) is 42.1 Å². The number of nitrogen functional groups attached to an aromatic ring is 1. The number of carbonyl (C=O) groups is 1. The molecule has 0 aliphatic carbocycles. The molecule has 0 atom stereocenters. The molecule has 0 spiro atoms. The zero-order valence-corrected chi connectivity index (χ0v) is 10.3. The van der Waals surface area contributed by atoms with Gasteiger partial charge in [-0.1, -0.05) is 6.07 Å². The molecule has 1 heterocycles. The quantitative estimate of drug-likeness (QED) is 0.778. The molecule has 0 aliphatic rings. The van der Waals surface area contributed by atoms with Crippen LogP contribution in [0.25, 0.3) is 0 Å². The van der Waals surface area contributed by atoms with E-state index in [2.05, 4.69) is 10.3 Å². The van der Waals surface area contributed by atoms with Crippen LogP contribution in [0.2, 0.25) is 0 Å². The van der Waals surface area contributed by atoms with Crippen LogP contribution in [0.5, 0.6) is 11.5 Å². The molecule has 0 unspecified atom stereocenters. The number of aromatic hydroxyl groups is 1. The van der Waals surface area contributed by atoms with Crippen LogP contribution in [0, 0.1) is 0 Å². The number of amides is 1. The Kier molecular flexibility index (Phi) is 3.51. The number of para-hydroxylation sites is 1. The third-order valence-corrected chi connectivity index (χ3v) is 2.49. The van der Waals surface area contributed by atoms with Crippen molar-refractivity contribution in [1.82, 2.24) is 4.98 Å². The fourth-order valence-corrected chi connectivity index (χ4v) is 1.53. The van der Waals surface area contributed by atoms with E-state index in [0.29, 0.717) is 11.5 Å². The first-order chi connectivity index (χ1) is 9.11. The number of nitrogens with zero attached hydrogens (tertiary/aromatic N) is 1. The normalized spacial score (nSPS) is 9.95. The van der Waals surface area contributed by atoms with Crippen LogP contribution in [0.15, 0.2) is 36.5 Å². The Morgan fingerprint density at radius 2 is 2.16 bits per heavy atom. The Bertz CT molecular complexity index is 597. The molecule has 1 aromatic carbocycles. The zero-order valence-electron chi connectivity index (χ0n) is 10.3. The van der Waals surface area contributed by atoms with Gasteiger partial charge >= 0.3 is 0 Å². The van der Waals surface area contributed by atoms with E-state index in [1.54, 1.807) is 24.3 Å². The molecule has 2 aromatic rings. The van der Waals surface area contributed by atoms with E-state index in [1.165, 1.54) is 19.4 Å². The van der Waals surface area contributed by atoms with Crippen LogP contribution in [0.3, 0.4) is 0 Å². The molecular formula is C13H13N3O3. The van der Waals surface area contributed by atoms with Crippen molar-refractivity contribution in [2.45, 2.75) is 0 Å². The molecule has 0 saturated carbocycles. The van der Waals surface area contributed by atoms with Gasteiger partial charge in [0.05, 0.1) is 24.6 Å². The second-order valence-corrected chi connectivity index (χ2v) is 3.79. The molecule has 6 nitrogen and oxygen atoms in total. The van der Waals surface area contributed by atoms with Gasteiger partial charge in [0.15, 0.2) is 11.5 Å². The number of benzene rings is 1. The lowest BCUT2D eigenvalue weighted by Gasteiger charge is -2.09. The van der Waals surface area contributed by atoms with Crippen molar-refractivity contribution in [1.29, 1.82) is 0 Å². The maximum absolute atomic E-state index is 12.0. The van der Waals surface area contributed by atoms with Crippen LogP contribution >= 0.6 is 0 Å². The second kappa shape index (κ2) is 5.26. The van der Waals surface area contributed by atoms with Crippen LogP contribution in [0.1, 0.15) is 10.4 Å². The number of phenols is 1. The van der Waals surface area contributed by atoms with Gasteiger partial charge in [-0.15, -0.1) is 0 Å². The number of anilines is 2.